The van der Waals surface area contributed by atoms with E-state index in [1.165, 1.54) is 18.2 Å². The highest BCUT2D eigenvalue weighted by Crippen LogP contribution is 2.40. The van der Waals surface area contributed by atoms with Crippen LogP contribution in [0.1, 0.15) is 35.6 Å². The predicted molar refractivity (Wildman–Crippen MR) is 134 cm³/mol. The standard InChI is InChI=1S/C26H24F3N4O2P/c1-5-19-23-31-18-10-9-14(15-11-17(27)24(30-13-15)36(3)4)12-20(18)33(23)22-16(25(34)32(19)2)7-6-8-21(22)35-26(28)29/h6-13,19,26H,5H2,1-4H3. The molecule has 2 aromatic heterocycles. The molecule has 2 aromatic carbocycles. The second kappa shape index (κ2) is 9.21. The van der Waals surface area contributed by atoms with Crippen LogP contribution < -0.4 is 10.2 Å². The third-order valence-corrected chi connectivity index (χ3v) is 7.58. The van der Waals surface area contributed by atoms with Gasteiger partial charge in [-0.1, -0.05) is 27.0 Å². The van der Waals surface area contributed by atoms with Crippen LogP contribution in [0.4, 0.5) is 13.2 Å². The van der Waals surface area contributed by atoms with Crippen LogP contribution in [0.15, 0.2) is 48.7 Å². The van der Waals surface area contributed by atoms with Crippen LogP contribution in [-0.2, 0) is 0 Å². The zero-order chi connectivity index (χ0) is 25.7. The lowest BCUT2D eigenvalue weighted by atomic mass is 10.1. The van der Waals surface area contributed by atoms with Crippen molar-refractivity contribution in [3.8, 4) is 22.6 Å². The molecule has 1 aliphatic heterocycles. The summed E-state index contributed by atoms with van der Waals surface area (Å²) in [6.45, 7) is 2.74. The van der Waals surface area contributed by atoms with Gasteiger partial charge in [0.05, 0.1) is 28.1 Å². The number of carbonyl (C=O) groups excluding carboxylic acids is 1. The van der Waals surface area contributed by atoms with Gasteiger partial charge in [-0.15, -0.1) is 0 Å². The van der Waals surface area contributed by atoms with Crippen LogP contribution in [0.5, 0.6) is 5.75 Å². The fraction of sp³-hybridized carbons (Fsp3) is 0.269. The fourth-order valence-electron chi connectivity index (χ4n) is 4.73. The lowest BCUT2D eigenvalue weighted by Gasteiger charge is -2.24. The monoisotopic (exact) mass is 512 g/mol. The van der Waals surface area contributed by atoms with Crippen molar-refractivity contribution >= 4 is 30.3 Å². The molecule has 0 N–H and O–H groups in total. The number of nitrogens with zero attached hydrogens (tertiary/aromatic N) is 4. The van der Waals surface area contributed by atoms with Crippen molar-refractivity contribution in [2.45, 2.75) is 26.0 Å². The van der Waals surface area contributed by atoms with E-state index in [0.29, 0.717) is 39.8 Å². The molecule has 3 heterocycles. The predicted octanol–water partition coefficient (Wildman–Crippen LogP) is 5.73. The fourth-order valence-corrected chi connectivity index (χ4v) is 5.51. The lowest BCUT2D eigenvalue weighted by Crippen LogP contribution is -2.30. The number of ether oxygens (including phenoxy) is 1. The minimum absolute atomic E-state index is 0.122. The Morgan fingerprint density at radius 2 is 1.92 bits per heavy atom. The van der Waals surface area contributed by atoms with E-state index in [1.54, 1.807) is 34.8 Å². The Kier molecular flexibility index (Phi) is 6.20. The van der Waals surface area contributed by atoms with E-state index < -0.39 is 20.6 Å². The maximum absolute atomic E-state index is 14.7. The zero-order valence-electron chi connectivity index (χ0n) is 20.2. The molecule has 36 heavy (non-hydrogen) atoms. The van der Waals surface area contributed by atoms with Crippen molar-refractivity contribution < 1.29 is 22.7 Å². The van der Waals surface area contributed by atoms with Crippen molar-refractivity contribution in [3.63, 3.8) is 0 Å². The molecule has 0 aliphatic carbocycles. The first-order valence-electron chi connectivity index (χ1n) is 11.4. The number of para-hydroxylation sites is 1. The Labute approximate surface area is 207 Å². The van der Waals surface area contributed by atoms with E-state index in [0.717, 1.165) is 0 Å². The second-order valence-corrected chi connectivity index (χ2v) is 11.0. The number of amides is 1. The summed E-state index contributed by atoms with van der Waals surface area (Å²) in [4.78, 5) is 24.1. The molecule has 186 valence electrons. The smallest absolute Gasteiger partial charge is 0.387 e. The highest BCUT2D eigenvalue weighted by molar-refractivity contribution is 7.63. The molecule has 1 unspecified atom stereocenters. The summed E-state index contributed by atoms with van der Waals surface area (Å²) in [7, 11) is 0.978. The second-order valence-electron chi connectivity index (χ2n) is 8.80. The molecule has 0 saturated carbocycles. The van der Waals surface area contributed by atoms with E-state index >= 15 is 0 Å². The van der Waals surface area contributed by atoms with E-state index in [4.69, 9.17) is 9.72 Å². The normalized spacial score (nSPS) is 15.4. The molecular formula is C26H24F3N4O2P. The lowest BCUT2D eigenvalue weighted by molar-refractivity contribution is -0.0498. The Morgan fingerprint density at radius 1 is 1.14 bits per heavy atom. The summed E-state index contributed by atoms with van der Waals surface area (Å²) in [5.41, 5.74) is 3.36. The van der Waals surface area contributed by atoms with Gasteiger partial charge in [-0.05, 0) is 55.6 Å². The molecule has 0 radical (unpaired) electrons. The summed E-state index contributed by atoms with van der Waals surface area (Å²) in [6, 6.07) is 11.0. The highest BCUT2D eigenvalue weighted by Gasteiger charge is 2.35. The van der Waals surface area contributed by atoms with E-state index in [2.05, 4.69) is 4.98 Å². The van der Waals surface area contributed by atoms with Gasteiger partial charge in [0.2, 0.25) is 0 Å². The number of fused-ring (bicyclic) bond motifs is 5. The van der Waals surface area contributed by atoms with Gasteiger partial charge < -0.3 is 9.64 Å². The van der Waals surface area contributed by atoms with Crippen molar-refractivity contribution in [2.75, 3.05) is 20.4 Å². The molecule has 0 saturated heterocycles. The third-order valence-electron chi connectivity index (χ3n) is 6.40. The third kappa shape index (κ3) is 3.91. The van der Waals surface area contributed by atoms with Gasteiger partial charge in [0.15, 0.2) is 5.75 Å². The largest absolute Gasteiger partial charge is 0.433 e. The van der Waals surface area contributed by atoms with Gasteiger partial charge in [-0.2, -0.15) is 8.78 Å². The molecule has 5 rings (SSSR count). The maximum atomic E-state index is 14.7. The van der Waals surface area contributed by atoms with E-state index in [1.807, 2.05) is 32.4 Å². The van der Waals surface area contributed by atoms with Gasteiger partial charge in [-0.3, -0.25) is 14.3 Å². The summed E-state index contributed by atoms with van der Waals surface area (Å²) in [5, 5.41) is 0. The average Bonchev–Trinajstić information content (AvgIpc) is 3.17. The number of benzene rings is 2. The first-order chi connectivity index (χ1) is 17.2. The number of hydrogen-bond donors (Lipinski definition) is 0. The summed E-state index contributed by atoms with van der Waals surface area (Å²) in [5.74, 6) is -0.272. The zero-order valence-corrected chi connectivity index (χ0v) is 21.1. The number of aromatic nitrogens is 3. The van der Waals surface area contributed by atoms with Crippen LogP contribution in [0.25, 0.3) is 27.8 Å². The van der Waals surface area contributed by atoms with Gasteiger partial charge in [0.25, 0.3) is 5.91 Å². The first kappa shape index (κ1) is 24.3. The number of imidazole rings is 1. The molecule has 4 aromatic rings. The number of halogens is 3. The molecule has 6 nitrogen and oxygen atoms in total. The first-order valence-corrected chi connectivity index (χ1v) is 13.7. The van der Waals surface area contributed by atoms with Gasteiger partial charge in [0.1, 0.15) is 17.3 Å². The Hall–Kier alpha value is -3.45. The molecule has 1 aliphatic rings. The number of pyridine rings is 1. The Balaban J connectivity index is 1.80. The molecule has 0 bridgehead atoms. The minimum atomic E-state index is -3.07. The molecule has 1 amide bonds. The molecule has 1 atom stereocenters. The maximum Gasteiger partial charge on any atom is 0.387 e. The average molecular weight is 512 g/mol. The van der Waals surface area contributed by atoms with Crippen LogP contribution in [0, 0.1) is 5.82 Å². The number of hydrogen-bond acceptors (Lipinski definition) is 4. The molecule has 0 spiro atoms. The number of carbonyl (C=O) groups is 1. The van der Waals surface area contributed by atoms with Crippen LogP contribution >= 0.6 is 7.92 Å². The number of rotatable bonds is 5. The Morgan fingerprint density at radius 3 is 2.58 bits per heavy atom. The summed E-state index contributed by atoms with van der Waals surface area (Å²) >= 11 is 0. The van der Waals surface area contributed by atoms with Crippen molar-refractivity contribution in [3.05, 3.63) is 65.9 Å². The van der Waals surface area contributed by atoms with Crippen molar-refractivity contribution in [2.24, 2.45) is 0 Å². The molecule has 10 heteroatoms. The summed E-state index contributed by atoms with van der Waals surface area (Å²) < 4.78 is 48.0. The van der Waals surface area contributed by atoms with E-state index in [9.17, 15) is 18.0 Å². The van der Waals surface area contributed by atoms with Crippen molar-refractivity contribution in [1.29, 1.82) is 0 Å². The quantitative estimate of drug-likeness (QED) is 0.321. The van der Waals surface area contributed by atoms with Crippen molar-refractivity contribution in [1.82, 2.24) is 19.4 Å². The van der Waals surface area contributed by atoms with E-state index in [-0.39, 0.29) is 28.7 Å². The van der Waals surface area contributed by atoms with Crippen LogP contribution in [0.2, 0.25) is 0 Å². The minimum Gasteiger partial charge on any atom is -0.433 e. The molecule has 0 fully saturated rings. The van der Waals surface area contributed by atoms with Gasteiger partial charge in [-0.25, -0.2) is 9.37 Å². The Bertz CT molecular complexity index is 1490. The van der Waals surface area contributed by atoms with Crippen LogP contribution in [0.3, 0.4) is 0 Å². The highest BCUT2D eigenvalue weighted by atomic mass is 31.1. The molecular weight excluding hydrogens is 488 g/mol. The number of alkyl halides is 2. The SMILES string of the molecule is CCC1c2nc3ccc(-c4cnc(P(C)C)c(F)c4)cc3n2-c2c(OC(F)F)cccc2C(=O)N1C. The van der Waals surface area contributed by atoms with Crippen LogP contribution in [-0.4, -0.2) is 52.3 Å². The topological polar surface area (TPSA) is 60.2 Å². The summed E-state index contributed by atoms with van der Waals surface area (Å²) in [6.07, 6.45) is 2.19. The van der Waals surface area contributed by atoms with Gasteiger partial charge >= 0.3 is 6.61 Å². The van der Waals surface area contributed by atoms with Gasteiger partial charge in [0, 0.05) is 18.8 Å².